The number of aromatic nitrogens is 1. The van der Waals surface area contributed by atoms with Crippen LogP contribution in [-0.2, 0) is 6.42 Å². The molecule has 1 heterocycles. The maximum absolute atomic E-state index is 10.5. The van der Waals surface area contributed by atoms with Crippen LogP contribution in [0.25, 0.3) is 10.9 Å². The monoisotopic (exact) mass is 173 g/mol. The maximum Gasteiger partial charge on any atom is 0.166 e. The van der Waals surface area contributed by atoms with Crippen molar-refractivity contribution < 1.29 is 4.79 Å². The van der Waals surface area contributed by atoms with E-state index in [2.05, 4.69) is 24.0 Å². The molecule has 2 nitrogen and oxygen atoms in total. The Morgan fingerprint density at radius 2 is 2.23 bits per heavy atom. The van der Waals surface area contributed by atoms with Crippen LogP contribution < -0.4 is 0 Å². The van der Waals surface area contributed by atoms with Crippen LogP contribution in [0, 0.1) is 0 Å². The number of benzene rings is 1. The average molecular weight is 173 g/mol. The van der Waals surface area contributed by atoms with Gasteiger partial charge >= 0.3 is 0 Å². The minimum Gasteiger partial charge on any atom is -0.352 e. The van der Waals surface area contributed by atoms with E-state index < -0.39 is 0 Å². The molecule has 0 spiro atoms. The molecule has 0 atom stereocenters. The fourth-order valence-electron chi connectivity index (χ4n) is 1.48. The zero-order valence-electron chi connectivity index (χ0n) is 7.50. The van der Waals surface area contributed by atoms with Crippen LogP contribution in [0.3, 0.4) is 0 Å². The Morgan fingerprint density at radius 3 is 2.92 bits per heavy atom. The highest BCUT2D eigenvalue weighted by Gasteiger charge is 1.99. The lowest BCUT2D eigenvalue weighted by Gasteiger charge is -1.94. The topological polar surface area (TPSA) is 32.9 Å². The van der Waals surface area contributed by atoms with Crippen molar-refractivity contribution in [2.24, 2.45) is 0 Å². The lowest BCUT2D eigenvalue weighted by molar-refractivity contribution is 0.112. The first-order chi connectivity index (χ1) is 6.33. The van der Waals surface area contributed by atoms with E-state index in [1.165, 1.54) is 5.56 Å². The minimum absolute atomic E-state index is 0.642. The Bertz CT molecular complexity index is 442. The summed E-state index contributed by atoms with van der Waals surface area (Å²) in [6.07, 6.45) is 1.86. The van der Waals surface area contributed by atoms with Crippen molar-refractivity contribution in [1.29, 1.82) is 0 Å². The van der Waals surface area contributed by atoms with Gasteiger partial charge in [0.2, 0.25) is 0 Å². The van der Waals surface area contributed by atoms with E-state index in [9.17, 15) is 4.79 Å². The molecule has 13 heavy (non-hydrogen) atoms. The van der Waals surface area contributed by atoms with E-state index in [0.717, 1.165) is 23.6 Å². The Balaban J connectivity index is 2.63. The predicted molar refractivity (Wildman–Crippen MR) is 53.1 cm³/mol. The number of rotatable bonds is 2. The Hall–Kier alpha value is -1.57. The van der Waals surface area contributed by atoms with Gasteiger partial charge in [-0.25, -0.2) is 0 Å². The van der Waals surface area contributed by atoms with Gasteiger partial charge in [0, 0.05) is 10.9 Å². The first-order valence-corrected chi connectivity index (χ1v) is 4.40. The van der Waals surface area contributed by atoms with Crippen LogP contribution in [-0.4, -0.2) is 11.3 Å². The highest BCUT2D eigenvalue weighted by atomic mass is 16.1. The van der Waals surface area contributed by atoms with Crippen LogP contribution in [0.2, 0.25) is 0 Å². The molecule has 0 fully saturated rings. The second-order valence-corrected chi connectivity index (χ2v) is 3.12. The summed E-state index contributed by atoms with van der Waals surface area (Å²) >= 11 is 0. The highest BCUT2D eigenvalue weighted by molar-refractivity contribution is 5.88. The lowest BCUT2D eigenvalue weighted by Crippen LogP contribution is -1.79. The van der Waals surface area contributed by atoms with E-state index in [1.807, 2.05) is 12.1 Å². The van der Waals surface area contributed by atoms with Gasteiger partial charge < -0.3 is 4.98 Å². The summed E-state index contributed by atoms with van der Waals surface area (Å²) in [5.41, 5.74) is 2.97. The number of fused-ring (bicyclic) bond motifs is 1. The molecule has 1 aromatic carbocycles. The van der Waals surface area contributed by atoms with E-state index in [1.54, 1.807) is 0 Å². The van der Waals surface area contributed by atoms with Crippen LogP contribution >= 0.6 is 0 Å². The Morgan fingerprint density at radius 1 is 1.38 bits per heavy atom. The summed E-state index contributed by atoms with van der Waals surface area (Å²) in [4.78, 5) is 13.6. The molecule has 2 aromatic rings. The van der Waals surface area contributed by atoms with Crippen LogP contribution in [0.5, 0.6) is 0 Å². The summed E-state index contributed by atoms with van der Waals surface area (Å²) in [6, 6.07) is 8.08. The van der Waals surface area contributed by atoms with Gasteiger partial charge in [-0.05, 0) is 24.1 Å². The van der Waals surface area contributed by atoms with E-state index in [-0.39, 0.29) is 0 Å². The summed E-state index contributed by atoms with van der Waals surface area (Å²) in [7, 11) is 0. The average Bonchev–Trinajstić information content (AvgIpc) is 2.58. The molecule has 66 valence electrons. The molecule has 1 aromatic heterocycles. The van der Waals surface area contributed by atoms with Crippen molar-refractivity contribution >= 4 is 17.2 Å². The number of aryl methyl sites for hydroxylation is 1. The fraction of sp³-hybridized carbons (Fsp3) is 0.182. The maximum atomic E-state index is 10.5. The summed E-state index contributed by atoms with van der Waals surface area (Å²) < 4.78 is 0. The first kappa shape index (κ1) is 8.05. The molecule has 2 heteroatoms. The summed E-state index contributed by atoms with van der Waals surface area (Å²) in [6.45, 7) is 2.12. The van der Waals surface area contributed by atoms with Crippen molar-refractivity contribution in [1.82, 2.24) is 4.98 Å². The highest BCUT2D eigenvalue weighted by Crippen LogP contribution is 2.16. The number of hydrogen-bond donors (Lipinski definition) is 1. The molecule has 0 bridgehead atoms. The molecule has 0 aliphatic heterocycles. The predicted octanol–water partition coefficient (Wildman–Crippen LogP) is 2.54. The standard InChI is InChI=1S/C11H11NO/c1-2-8-3-4-9-6-10(7-13)12-11(9)5-8/h3-7,12H,2H2,1H3. The summed E-state index contributed by atoms with van der Waals surface area (Å²) in [5, 5.41) is 1.10. The van der Waals surface area contributed by atoms with E-state index in [4.69, 9.17) is 0 Å². The van der Waals surface area contributed by atoms with Gasteiger partial charge in [-0.3, -0.25) is 4.79 Å². The molecule has 0 unspecified atom stereocenters. The fourth-order valence-corrected chi connectivity index (χ4v) is 1.48. The third kappa shape index (κ3) is 1.35. The van der Waals surface area contributed by atoms with E-state index in [0.29, 0.717) is 5.69 Å². The molecule has 0 saturated carbocycles. The SMILES string of the molecule is CCc1ccc2cc(C=O)[nH]c2c1. The molecule has 2 rings (SSSR count). The molecule has 1 N–H and O–H groups in total. The lowest BCUT2D eigenvalue weighted by atomic mass is 10.1. The van der Waals surface area contributed by atoms with Crippen molar-refractivity contribution in [2.45, 2.75) is 13.3 Å². The van der Waals surface area contributed by atoms with Gasteiger partial charge in [-0.15, -0.1) is 0 Å². The summed E-state index contributed by atoms with van der Waals surface area (Å²) in [5.74, 6) is 0. The third-order valence-corrected chi connectivity index (χ3v) is 2.24. The molecule has 0 amide bonds. The van der Waals surface area contributed by atoms with E-state index >= 15 is 0 Å². The Kier molecular flexibility index (Phi) is 1.89. The van der Waals surface area contributed by atoms with Gasteiger partial charge in [-0.2, -0.15) is 0 Å². The number of carbonyl (C=O) groups is 1. The third-order valence-electron chi connectivity index (χ3n) is 2.24. The smallest absolute Gasteiger partial charge is 0.166 e. The van der Waals surface area contributed by atoms with Crippen molar-refractivity contribution in [2.75, 3.05) is 0 Å². The largest absolute Gasteiger partial charge is 0.352 e. The van der Waals surface area contributed by atoms with Gasteiger partial charge in [0.15, 0.2) is 6.29 Å². The van der Waals surface area contributed by atoms with Crippen LogP contribution in [0.4, 0.5) is 0 Å². The molecule has 0 aliphatic carbocycles. The Labute approximate surface area is 76.6 Å². The molecule has 0 saturated heterocycles. The van der Waals surface area contributed by atoms with Crippen LogP contribution in [0.15, 0.2) is 24.3 Å². The van der Waals surface area contributed by atoms with Crippen molar-refractivity contribution in [3.8, 4) is 0 Å². The van der Waals surface area contributed by atoms with Gasteiger partial charge in [0.1, 0.15) is 0 Å². The molecular weight excluding hydrogens is 162 g/mol. The first-order valence-electron chi connectivity index (χ1n) is 4.40. The number of nitrogens with one attached hydrogen (secondary N) is 1. The number of aromatic amines is 1. The normalized spacial score (nSPS) is 10.5. The molecule has 0 aliphatic rings. The van der Waals surface area contributed by atoms with Crippen molar-refractivity contribution in [3.05, 3.63) is 35.5 Å². The van der Waals surface area contributed by atoms with Crippen LogP contribution in [0.1, 0.15) is 23.0 Å². The number of carbonyl (C=O) groups excluding carboxylic acids is 1. The van der Waals surface area contributed by atoms with Gasteiger partial charge in [0.25, 0.3) is 0 Å². The van der Waals surface area contributed by atoms with Gasteiger partial charge in [-0.1, -0.05) is 19.1 Å². The zero-order valence-corrected chi connectivity index (χ0v) is 7.50. The number of H-pyrrole nitrogens is 1. The number of hydrogen-bond acceptors (Lipinski definition) is 1. The zero-order chi connectivity index (χ0) is 9.26. The minimum atomic E-state index is 0.642. The quantitative estimate of drug-likeness (QED) is 0.695. The number of aldehydes is 1. The second-order valence-electron chi connectivity index (χ2n) is 3.12. The van der Waals surface area contributed by atoms with Crippen molar-refractivity contribution in [3.63, 3.8) is 0 Å². The molecule has 0 radical (unpaired) electrons. The second kappa shape index (κ2) is 3.05. The molecular formula is C11H11NO. The van der Waals surface area contributed by atoms with Gasteiger partial charge in [0.05, 0.1) is 5.69 Å².